The first-order valence-corrected chi connectivity index (χ1v) is 9.46. The first-order chi connectivity index (χ1) is 11.4. The number of halogens is 4. The topological polar surface area (TPSA) is 80.5 Å². The van der Waals surface area contributed by atoms with E-state index in [0.717, 1.165) is 18.6 Å². The Labute approximate surface area is 157 Å². The first kappa shape index (κ1) is 22.7. The number of hydrogen-bond acceptors (Lipinski definition) is 4. The predicted octanol–water partition coefficient (Wildman–Crippen LogP) is 2.18. The van der Waals surface area contributed by atoms with Crippen molar-refractivity contribution in [2.75, 3.05) is 25.4 Å². The molecule has 1 aromatic carbocycles. The summed E-state index contributed by atoms with van der Waals surface area (Å²) in [6, 6.07) is 4.97. The number of nitrogens with two attached hydrogens (primary N) is 1. The number of nitrogens with zero attached hydrogens (tertiary/aromatic N) is 1. The summed E-state index contributed by atoms with van der Waals surface area (Å²) < 4.78 is 60.3. The van der Waals surface area contributed by atoms with Crippen LogP contribution in [0, 0.1) is 5.41 Å². The fourth-order valence-electron chi connectivity index (χ4n) is 2.80. The molecule has 1 aliphatic heterocycles. The lowest BCUT2D eigenvalue weighted by atomic mass is 9.90. The van der Waals surface area contributed by atoms with E-state index in [0.29, 0.717) is 25.2 Å². The van der Waals surface area contributed by atoms with Gasteiger partial charge in [-0.25, -0.2) is 8.42 Å². The van der Waals surface area contributed by atoms with Crippen molar-refractivity contribution in [2.45, 2.75) is 30.8 Å². The minimum Gasteiger partial charge on any atom is -0.342 e. The van der Waals surface area contributed by atoms with Crippen LogP contribution in [0.1, 0.15) is 18.9 Å². The zero-order valence-electron chi connectivity index (χ0n) is 14.3. The zero-order chi connectivity index (χ0) is 18.9. The fraction of sp³-hybridized carbons (Fsp3) is 0.562. The molecule has 2 N–H and O–H groups in total. The Morgan fingerprint density at radius 2 is 1.85 bits per heavy atom. The van der Waals surface area contributed by atoms with Gasteiger partial charge in [-0.15, -0.1) is 12.4 Å². The molecule has 1 fully saturated rings. The van der Waals surface area contributed by atoms with Crippen molar-refractivity contribution in [2.24, 2.45) is 11.1 Å². The monoisotopic (exact) mass is 414 g/mol. The highest BCUT2D eigenvalue weighted by atomic mass is 35.5. The second-order valence-corrected chi connectivity index (χ2v) is 8.76. The summed E-state index contributed by atoms with van der Waals surface area (Å²) in [5.74, 6) is -2.01. The van der Waals surface area contributed by atoms with Crippen molar-refractivity contribution in [1.29, 1.82) is 0 Å². The summed E-state index contributed by atoms with van der Waals surface area (Å²) in [6.45, 7) is 3.69. The predicted molar refractivity (Wildman–Crippen MR) is 93.9 cm³/mol. The van der Waals surface area contributed by atoms with Crippen LogP contribution < -0.4 is 5.73 Å². The van der Waals surface area contributed by atoms with E-state index in [9.17, 15) is 26.4 Å². The normalized spacial score (nSPS) is 20.7. The van der Waals surface area contributed by atoms with Crippen LogP contribution in [0.25, 0.3) is 0 Å². The van der Waals surface area contributed by atoms with Crippen molar-refractivity contribution in [3.8, 4) is 0 Å². The molecule has 1 amide bonds. The van der Waals surface area contributed by atoms with E-state index >= 15 is 0 Å². The van der Waals surface area contributed by atoms with Crippen LogP contribution in [-0.4, -0.2) is 50.8 Å². The molecule has 1 heterocycles. The molecule has 5 nitrogen and oxygen atoms in total. The van der Waals surface area contributed by atoms with Gasteiger partial charge in [-0.05, 0) is 36.1 Å². The Morgan fingerprint density at radius 3 is 2.31 bits per heavy atom. The minimum atomic E-state index is -4.79. The molecule has 0 radical (unpaired) electrons. The van der Waals surface area contributed by atoms with Crippen LogP contribution in [0.2, 0.25) is 0 Å². The van der Waals surface area contributed by atoms with Gasteiger partial charge in [-0.2, -0.15) is 13.2 Å². The molecule has 1 aromatic rings. The molecule has 1 aliphatic rings. The van der Waals surface area contributed by atoms with Crippen molar-refractivity contribution in [3.05, 3.63) is 29.8 Å². The van der Waals surface area contributed by atoms with Gasteiger partial charge in [0.15, 0.2) is 15.6 Å². The molecule has 26 heavy (non-hydrogen) atoms. The lowest BCUT2D eigenvalue weighted by molar-refractivity contribution is -0.129. The van der Waals surface area contributed by atoms with Crippen molar-refractivity contribution >= 4 is 28.2 Å². The summed E-state index contributed by atoms with van der Waals surface area (Å²) >= 11 is 0. The van der Waals surface area contributed by atoms with E-state index in [1.165, 1.54) is 12.1 Å². The van der Waals surface area contributed by atoms with Gasteiger partial charge in [0.25, 0.3) is 0 Å². The highest BCUT2D eigenvalue weighted by Gasteiger charge is 2.36. The second-order valence-electron chi connectivity index (χ2n) is 6.78. The third-order valence-corrected chi connectivity index (χ3v) is 6.09. The lowest BCUT2D eigenvalue weighted by Crippen LogP contribution is -2.35. The summed E-state index contributed by atoms with van der Waals surface area (Å²) in [4.78, 5) is 13.6. The summed E-state index contributed by atoms with van der Waals surface area (Å²) in [5.41, 5.74) is 6.17. The lowest BCUT2D eigenvalue weighted by Gasteiger charge is -2.22. The van der Waals surface area contributed by atoms with E-state index in [1.807, 2.05) is 6.92 Å². The molecule has 1 unspecified atom stereocenters. The molecule has 0 saturated carbocycles. The van der Waals surface area contributed by atoms with Gasteiger partial charge in [0.1, 0.15) is 0 Å². The molecule has 2 rings (SSSR count). The van der Waals surface area contributed by atoms with Crippen LogP contribution in [0.3, 0.4) is 0 Å². The maximum Gasteiger partial charge on any atom is 0.403 e. The molecular formula is C16H22ClF3N2O3S. The number of likely N-dealkylation sites (tertiary alicyclic amines) is 1. The molecule has 0 spiro atoms. The molecular weight excluding hydrogens is 393 g/mol. The SMILES string of the molecule is CC1(CN)CCN(C(=O)Cc2ccc(S(=O)(=O)CC(F)(F)F)cc2)C1.Cl. The zero-order valence-corrected chi connectivity index (χ0v) is 15.9. The second kappa shape index (κ2) is 8.14. The molecule has 10 heteroatoms. The Balaban J connectivity index is 0.00000338. The summed E-state index contributed by atoms with van der Waals surface area (Å²) in [7, 11) is -4.43. The highest BCUT2D eigenvalue weighted by Crippen LogP contribution is 2.29. The number of benzene rings is 1. The van der Waals surface area contributed by atoms with E-state index in [4.69, 9.17) is 5.73 Å². The molecule has 1 saturated heterocycles. The van der Waals surface area contributed by atoms with E-state index < -0.39 is 26.7 Å². The number of alkyl halides is 3. The van der Waals surface area contributed by atoms with Gasteiger partial charge in [0.2, 0.25) is 5.91 Å². The fourth-order valence-corrected chi connectivity index (χ4v) is 3.95. The minimum absolute atomic E-state index is 0. The Hall–Kier alpha value is -1.32. The largest absolute Gasteiger partial charge is 0.403 e. The molecule has 148 valence electrons. The van der Waals surface area contributed by atoms with Crippen LogP contribution in [0.5, 0.6) is 0 Å². The van der Waals surface area contributed by atoms with E-state index in [1.54, 1.807) is 4.90 Å². The summed E-state index contributed by atoms with van der Waals surface area (Å²) in [6.07, 6.45) is -3.90. The summed E-state index contributed by atoms with van der Waals surface area (Å²) in [5, 5.41) is 0. The van der Waals surface area contributed by atoms with Crippen LogP contribution in [0.4, 0.5) is 13.2 Å². The number of carbonyl (C=O) groups is 1. The number of amides is 1. The van der Waals surface area contributed by atoms with Crippen molar-refractivity contribution in [1.82, 2.24) is 4.90 Å². The quantitative estimate of drug-likeness (QED) is 0.800. The van der Waals surface area contributed by atoms with Crippen LogP contribution in [-0.2, 0) is 21.1 Å². The average molecular weight is 415 g/mol. The van der Waals surface area contributed by atoms with Gasteiger partial charge in [-0.3, -0.25) is 4.79 Å². The van der Waals surface area contributed by atoms with E-state index in [-0.39, 0.29) is 30.2 Å². The van der Waals surface area contributed by atoms with Gasteiger partial charge in [-0.1, -0.05) is 19.1 Å². The molecule has 0 bridgehead atoms. The van der Waals surface area contributed by atoms with Gasteiger partial charge in [0.05, 0.1) is 11.3 Å². The Kier molecular flexibility index (Phi) is 7.11. The maximum atomic E-state index is 12.3. The number of sulfone groups is 1. The van der Waals surface area contributed by atoms with Gasteiger partial charge < -0.3 is 10.6 Å². The third-order valence-electron chi connectivity index (χ3n) is 4.39. The maximum absolute atomic E-state index is 12.3. The highest BCUT2D eigenvalue weighted by molar-refractivity contribution is 7.91. The molecule has 0 aliphatic carbocycles. The smallest absolute Gasteiger partial charge is 0.342 e. The number of hydrogen-bond donors (Lipinski definition) is 1. The van der Waals surface area contributed by atoms with Gasteiger partial charge >= 0.3 is 6.18 Å². The Bertz CT molecular complexity index is 738. The van der Waals surface area contributed by atoms with E-state index in [2.05, 4.69) is 0 Å². The van der Waals surface area contributed by atoms with Crippen molar-refractivity contribution in [3.63, 3.8) is 0 Å². The molecule has 0 aromatic heterocycles. The molecule has 1 atom stereocenters. The average Bonchev–Trinajstić information content (AvgIpc) is 2.89. The van der Waals surface area contributed by atoms with Crippen molar-refractivity contribution < 1.29 is 26.4 Å². The van der Waals surface area contributed by atoms with Crippen LogP contribution >= 0.6 is 12.4 Å². The van der Waals surface area contributed by atoms with Crippen LogP contribution in [0.15, 0.2) is 29.2 Å². The number of carbonyl (C=O) groups excluding carboxylic acids is 1. The standard InChI is InChI=1S/C16H21F3N2O3S.ClH/c1-15(9-20)6-7-21(10-15)14(22)8-12-2-4-13(5-3-12)25(23,24)11-16(17,18)19;/h2-5H,6-11,20H2,1H3;1H. The number of rotatable bonds is 5. The Morgan fingerprint density at radius 1 is 1.27 bits per heavy atom. The third kappa shape index (κ3) is 5.85. The first-order valence-electron chi connectivity index (χ1n) is 7.80. The van der Waals surface area contributed by atoms with Gasteiger partial charge in [0, 0.05) is 13.1 Å².